The number of aryl methyl sites for hydroxylation is 1. The molecule has 0 radical (unpaired) electrons. The zero-order valence-electron chi connectivity index (χ0n) is 9.42. The lowest BCUT2D eigenvalue weighted by molar-refractivity contribution is 0.886. The fourth-order valence-corrected chi connectivity index (χ4v) is 2.94. The Balaban J connectivity index is 2.34. The van der Waals surface area contributed by atoms with E-state index in [1.54, 1.807) is 11.3 Å². The first kappa shape index (κ1) is 10.4. The van der Waals surface area contributed by atoms with Crippen LogP contribution in [0.3, 0.4) is 0 Å². The van der Waals surface area contributed by atoms with Gasteiger partial charge in [-0.05, 0) is 12.5 Å². The Morgan fingerprint density at radius 2 is 2.00 bits per heavy atom. The molecule has 0 saturated heterocycles. The van der Waals surface area contributed by atoms with Gasteiger partial charge in [0.15, 0.2) is 5.82 Å². The van der Waals surface area contributed by atoms with Gasteiger partial charge in [-0.15, -0.1) is 10.2 Å². The Morgan fingerprint density at radius 3 is 2.71 bits per heavy atom. The maximum atomic E-state index is 5.70. The normalized spacial score (nSPS) is 11.2. The highest BCUT2D eigenvalue weighted by Gasteiger charge is 2.15. The first-order valence-corrected chi connectivity index (χ1v) is 6.22. The molecule has 0 aliphatic rings. The summed E-state index contributed by atoms with van der Waals surface area (Å²) in [5, 5.41) is 8.25. The van der Waals surface area contributed by atoms with Gasteiger partial charge in [-0.2, -0.15) is 0 Å². The molecule has 3 aromatic rings. The van der Waals surface area contributed by atoms with E-state index in [0.29, 0.717) is 6.54 Å². The number of aromatic nitrogens is 3. The summed E-state index contributed by atoms with van der Waals surface area (Å²) in [5.74, 6) is 0.809. The summed E-state index contributed by atoms with van der Waals surface area (Å²) in [6.45, 7) is 2.50. The zero-order valence-corrected chi connectivity index (χ0v) is 10.2. The maximum absolute atomic E-state index is 5.70. The monoisotopic (exact) mass is 244 g/mol. The van der Waals surface area contributed by atoms with E-state index < -0.39 is 0 Å². The summed E-state index contributed by atoms with van der Waals surface area (Å²) in [5.41, 5.74) is 8.02. The Kier molecular flexibility index (Phi) is 2.42. The molecule has 0 bridgehead atoms. The van der Waals surface area contributed by atoms with Crippen molar-refractivity contribution in [2.75, 3.05) is 0 Å². The van der Waals surface area contributed by atoms with Crippen LogP contribution in [-0.4, -0.2) is 14.6 Å². The Hall–Kier alpha value is -1.72. The lowest BCUT2D eigenvalue weighted by Gasteiger charge is -2.03. The highest BCUT2D eigenvalue weighted by molar-refractivity contribution is 7.17. The van der Waals surface area contributed by atoms with Crippen LogP contribution in [0.15, 0.2) is 30.3 Å². The average molecular weight is 244 g/mol. The van der Waals surface area contributed by atoms with Gasteiger partial charge >= 0.3 is 0 Å². The van der Waals surface area contributed by atoms with E-state index >= 15 is 0 Å². The van der Waals surface area contributed by atoms with Crippen LogP contribution in [0.2, 0.25) is 0 Å². The summed E-state index contributed by atoms with van der Waals surface area (Å²) < 4.78 is 2.05. The predicted octanol–water partition coefficient (Wildman–Crippen LogP) is 2.22. The van der Waals surface area contributed by atoms with Gasteiger partial charge in [0.1, 0.15) is 0 Å². The number of benzene rings is 1. The van der Waals surface area contributed by atoms with Gasteiger partial charge in [0.2, 0.25) is 4.96 Å². The lowest BCUT2D eigenvalue weighted by Crippen LogP contribution is -2.03. The first-order chi connectivity index (χ1) is 8.31. The van der Waals surface area contributed by atoms with Crippen molar-refractivity contribution in [1.82, 2.24) is 14.6 Å². The van der Waals surface area contributed by atoms with Gasteiger partial charge in [-0.3, -0.25) is 4.40 Å². The third-order valence-corrected chi connectivity index (χ3v) is 3.68. The molecule has 0 unspecified atom stereocenters. The van der Waals surface area contributed by atoms with E-state index in [-0.39, 0.29) is 0 Å². The molecule has 2 N–H and O–H groups in total. The Labute approximate surface area is 103 Å². The first-order valence-electron chi connectivity index (χ1n) is 5.40. The molecular formula is C12H12N4S. The van der Waals surface area contributed by atoms with Crippen molar-refractivity contribution in [2.24, 2.45) is 5.73 Å². The molecule has 0 saturated carbocycles. The van der Waals surface area contributed by atoms with Gasteiger partial charge < -0.3 is 5.73 Å². The van der Waals surface area contributed by atoms with Crippen molar-refractivity contribution >= 4 is 16.3 Å². The smallest absolute Gasteiger partial charge is 0.216 e. The van der Waals surface area contributed by atoms with Crippen molar-refractivity contribution in [1.29, 1.82) is 0 Å². The van der Waals surface area contributed by atoms with Crippen molar-refractivity contribution in [2.45, 2.75) is 13.5 Å². The molecule has 86 valence electrons. The molecule has 0 aliphatic heterocycles. The van der Waals surface area contributed by atoms with E-state index in [2.05, 4.69) is 33.7 Å². The summed E-state index contributed by atoms with van der Waals surface area (Å²) >= 11 is 1.64. The fourth-order valence-electron chi connectivity index (χ4n) is 1.99. The van der Waals surface area contributed by atoms with Crippen LogP contribution in [0.1, 0.15) is 10.7 Å². The van der Waals surface area contributed by atoms with Gasteiger partial charge in [0.25, 0.3) is 0 Å². The van der Waals surface area contributed by atoms with E-state index in [0.717, 1.165) is 16.5 Å². The van der Waals surface area contributed by atoms with Gasteiger partial charge in [-0.1, -0.05) is 41.7 Å². The summed E-state index contributed by atoms with van der Waals surface area (Å²) in [4.78, 5) is 2.14. The van der Waals surface area contributed by atoms with Gasteiger partial charge in [0.05, 0.1) is 12.2 Å². The summed E-state index contributed by atoms with van der Waals surface area (Å²) in [7, 11) is 0. The highest BCUT2D eigenvalue weighted by Crippen LogP contribution is 2.31. The number of rotatable bonds is 2. The summed E-state index contributed by atoms with van der Waals surface area (Å²) in [6, 6.07) is 10.3. The molecule has 17 heavy (non-hydrogen) atoms. The van der Waals surface area contributed by atoms with E-state index in [1.807, 2.05) is 18.2 Å². The fraction of sp³-hybridized carbons (Fsp3) is 0.167. The average Bonchev–Trinajstić information content (AvgIpc) is 2.87. The molecule has 2 aromatic heterocycles. The summed E-state index contributed by atoms with van der Waals surface area (Å²) in [6.07, 6.45) is 0. The Morgan fingerprint density at radius 1 is 1.24 bits per heavy atom. The molecule has 2 heterocycles. The molecule has 0 amide bonds. The Bertz CT molecular complexity index is 654. The number of nitrogens with zero attached hydrogens (tertiary/aromatic N) is 3. The van der Waals surface area contributed by atoms with Crippen molar-refractivity contribution in [3.63, 3.8) is 0 Å². The van der Waals surface area contributed by atoms with Crippen LogP contribution in [0.25, 0.3) is 16.2 Å². The second-order valence-electron chi connectivity index (χ2n) is 3.81. The minimum absolute atomic E-state index is 0.400. The van der Waals surface area contributed by atoms with Gasteiger partial charge in [-0.25, -0.2) is 0 Å². The molecule has 0 fully saturated rings. The van der Waals surface area contributed by atoms with Crippen LogP contribution in [-0.2, 0) is 6.54 Å². The largest absolute Gasteiger partial charge is 0.324 e. The standard InChI is InChI=1S/C12H12N4S/c1-8-11(9-5-3-2-4-6-9)16-10(7-13)14-15-12(16)17-8/h2-6H,7,13H2,1H3. The molecule has 5 heteroatoms. The number of nitrogens with two attached hydrogens (primary N) is 1. The minimum Gasteiger partial charge on any atom is -0.324 e. The topological polar surface area (TPSA) is 56.2 Å². The molecule has 3 rings (SSSR count). The van der Waals surface area contributed by atoms with E-state index in [9.17, 15) is 0 Å². The molecule has 0 atom stereocenters. The second-order valence-corrected chi connectivity index (χ2v) is 4.99. The van der Waals surface area contributed by atoms with Crippen LogP contribution in [0.5, 0.6) is 0 Å². The number of thiazole rings is 1. The van der Waals surface area contributed by atoms with Crippen molar-refractivity contribution < 1.29 is 0 Å². The minimum atomic E-state index is 0.400. The quantitative estimate of drug-likeness (QED) is 0.752. The van der Waals surface area contributed by atoms with Crippen LogP contribution in [0, 0.1) is 6.92 Å². The molecule has 4 nitrogen and oxygen atoms in total. The lowest BCUT2D eigenvalue weighted by atomic mass is 10.1. The van der Waals surface area contributed by atoms with Crippen LogP contribution < -0.4 is 5.73 Å². The SMILES string of the molecule is Cc1sc2nnc(CN)n2c1-c1ccccc1. The van der Waals surface area contributed by atoms with Crippen LogP contribution >= 0.6 is 11.3 Å². The number of fused-ring (bicyclic) bond motifs is 1. The second kappa shape index (κ2) is 3.94. The van der Waals surface area contributed by atoms with E-state index in [4.69, 9.17) is 5.73 Å². The van der Waals surface area contributed by atoms with E-state index in [1.165, 1.54) is 10.4 Å². The van der Waals surface area contributed by atoms with Crippen molar-refractivity contribution in [3.05, 3.63) is 41.0 Å². The molecule has 0 spiro atoms. The molecule has 1 aromatic carbocycles. The predicted molar refractivity (Wildman–Crippen MR) is 68.9 cm³/mol. The van der Waals surface area contributed by atoms with Gasteiger partial charge in [0, 0.05) is 4.88 Å². The molecule has 0 aliphatic carbocycles. The molecular weight excluding hydrogens is 232 g/mol. The zero-order chi connectivity index (χ0) is 11.8. The third kappa shape index (κ3) is 1.55. The van der Waals surface area contributed by atoms with Crippen molar-refractivity contribution in [3.8, 4) is 11.3 Å². The third-order valence-electron chi connectivity index (χ3n) is 2.73. The van der Waals surface area contributed by atoms with Crippen LogP contribution in [0.4, 0.5) is 0 Å². The number of hydrogen-bond acceptors (Lipinski definition) is 4. The maximum Gasteiger partial charge on any atom is 0.216 e. The number of hydrogen-bond donors (Lipinski definition) is 1. The highest BCUT2D eigenvalue weighted by atomic mass is 32.1.